The number of allylic oxidation sites excluding steroid dienone is 2. The average molecular weight is 231 g/mol. The molecule has 0 atom stereocenters. The van der Waals surface area contributed by atoms with Crippen LogP contribution in [0.1, 0.15) is 20.8 Å². The first-order valence-corrected chi connectivity index (χ1v) is 5.50. The predicted octanol–water partition coefficient (Wildman–Crippen LogP) is 1.48. The number of nitrogens with zero attached hydrogens (tertiary/aromatic N) is 2. The molecule has 0 amide bonds. The van der Waals surface area contributed by atoms with Gasteiger partial charge in [-0.15, -0.1) is 0 Å². The fraction of sp³-hybridized carbons (Fsp3) is 0.385. The molecule has 4 heteroatoms. The smallest absolute Gasteiger partial charge is 0.161 e. The molecule has 0 bridgehead atoms. The Kier molecular flexibility index (Phi) is 4.53. The minimum absolute atomic E-state index is 0.0407. The van der Waals surface area contributed by atoms with Crippen LogP contribution in [0.15, 0.2) is 29.0 Å². The van der Waals surface area contributed by atoms with Crippen molar-refractivity contribution in [1.29, 1.82) is 0 Å². The number of ketones is 1. The van der Waals surface area contributed by atoms with E-state index in [2.05, 4.69) is 16.6 Å². The van der Waals surface area contributed by atoms with Gasteiger partial charge in [-0.25, -0.2) is 5.43 Å². The summed E-state index contributed by atoms with van der Waals surface area (Å²) in [4.78, 5) is 13.2. The number of Topliss-reactive ketones (excluding diaryl/α,β-unsaturated/α-hetero) is 1. The summed E-state index contributed by atoms with van der Waals surface area (Å²) in [5.74, 6) is 1.07. The minimum atomic E-state index is 0.0407. The van der Waals surface area contributed by atoms with Crippen LogP contribution in [-0.4, -0.2) is 23.1 Å². The van der Waals surface area contributed by atoms with Gasteiger partial charge in [-0.1, -0.05) is 32.4 Å². The van der Waals surface area contributed by atoms with E-state index in [1.165, 1.54) is 0 Å². The molecule has 0 spiro atoms. The summed E-state index contributed by atoms with van der Waals surface area (Å²) in [6, 6.07) is 2.26. The Balaban J connectivity index is 2.95. The number of terminal acetylenes is 1. The van der Waals surface area contributed by atoms with E-state index >= 15 is 0 Å². The van der Waals surface area contributed by atoms with Crippen LogP contribution < -0.4 is 5.43 Å². The first kappa shape index (κ1) is 13.0. The monoisotopic (exact) mass is 231 g/mol. The third-order valence-electron chi connectivity index (χ3n) is 2.35. The highest BCUT2D eigenvalue weighted by atomic mass is 16.1. The number of hydrogen-bond donors (Lipinski definition) is 1. The normalized spacial score (nSPS) is 15.6. The van der Waals surface area contributed by atoms with E-state index in [1.807, 2.05) is 30.9 Å². The second-order valence-electron chi connectivity index (χ2n) is 4.08. The number of nitrogens with one attached hydrogen (secondary N) is 1. The zero-order valence-electron chi connectivity index (χ0n) is 10.4. The maximum absolute atomic E-state index is 11.3. The second kappa shape index (κ2) is 5.90. The standard InChI is InChI=1S/C13H17N3O/c1-5-14-15-13(10(2)3)16-8-6-7-12(9-16)11(4)17/h1,6-7,9-10,14H,8H2,2-4H3/b15-13-. The molecule has 0 aliphatic carbocycles. The van der Waals surface area contributed by atoms with E-state index in [0.29, 0.717) is 12.1 Å². The van der Waals surface area contributed by atoms with Crippen molar-refractivity contribution >= 4 is 11.6 Å². The van der Waals surface area contributed by atoms with Gasteiger partial charge < -0.3 is 4.90 Å². The fourth-order valence-corrected chi connectivity index (χ4v) is 1.54. The lowest BCUT2D eigenvalue weighted by Gasteiger charge is -2.26. The summed E-state index contributed by atoms with van der Waals surface area (Å²) in [7, 11) is 0. The van der Waals surface area contributed by atoms with Crippen LogP contribution in [0.3, 0.4) is 0 Å². The molecule has 17 heavy (non-hydrogen) atoms. The zero-order chi connectivity index (χ0) is 12.8. The Hall–Kier alpha value is -2.02. The lowest BCUT2D eigenvalue weighted by molar-refractivity contribution is -0.113. The average Bonchev–Trinajstić information content (AvgIpc) is 2.29. The molecule has 0 aromatic carbocycles. The molecule has 1 aliphatic heterocycles. The molecule has 0 radical (unpaired) electrons. The molecule has 0 saturated heterocycles. The van der Waals surface area contributed by atoms with Crippen molar-refractivity contribution in [2.24, 2.45) is 11.0 Å². The number of amidine groups is 1. The van der Waals surface area contributed by atoms with Crippen LogP contribution in [0.25, 0.3) is 0 Å². The highest BCUT2D eigenvalue weighted by molar-refractivity contribution is 5.97. The highest BCUT2D eigenvalue weighted by Gasteiger charge is 2.16. The van der Waals surface area contributed by atoms with Crippen LogP contribution in [0, 0.1) is 18.4 Å². The molecule has 1 heterocycles. The quantitative estimate of drug-likeness (QED) is 0.263. The van der Waals surface area contributed by atoms with E-state index in [-0.39, 0.29) is 11.7 Å². The Morgan fingerprint density at radius 3 is 2.88 bits per heavy atom. The number of carbonyl (C=O) groups is 1. The number of carbonyl (C=O) groups excluding carboxylic acids is 1. The highest BCUT2D eigenvalue weighted by Crippen LogP contribution is 2.12. The SMILES string of the molecule is C#CN/N=C(/C(C)C)N1C=C(C(C)=O)C=CC1. The van der Waals surface area contributed by atoms with Gasteiger partial charge in [0.1, 0.15) is 5.84 Å². The van der Waals surface area contributed by atoms with Crippen molar-refractivity contribution in [3.63, 3.8) is 0 Å². The topological polar surface area (TPSA) is 44.7 Å². The van der Waals surface area contributed by atoms with Gasteiger partial charge in [0.15, 0.2) is 5.78 Å². The number of rotatable bonds is 3. The van der Waals surface area contributed by atoms with Gasteiger partial charge in [0.05, 0.1) is 0 Å². The molecule has 0 fully saturated rings. The van der Waals surface area contributed by atoms with Gasteiger partial charge in [0.2, 0.25) is 0 Å². The van der Waals surface area contributed by atoms with Crippen molar-refractivity contribution < 1.29 is 4.79 Å². The summed E-state index contributed by atoms with van der Waals surface area (Å²) >= 11 is 0. The molecule has 0 saturated carbocycles. The van der Waals surface area contributed by atoms with Crippen molar-refractivity contribution in [1.82, 2.24) is 10.3 Å². The molecular formula is C13H17N3O. The first-order valence-electron chi connectivity index (χ1n) is 5.50. The summed E-state index contributed by atoms with van der Waals surface area (Å²) in [6.45, 7) is 6.29. The number of hydrazone groups is 1. The largest absolute Gasteiger partial charge is 0.330 e. The molecule has 4 nitrogen and oxygen atoms in total. The van der Waals surface area contributed by atoms with E-state index in [1.54, 1.807) is 13.1 Å². The maximum atomic E-state index is 11.3. The van der Waals surface area contributed by atoms with Crippen molar-refractivity contribution in [3.8, 4) is 12.5 Å². The van der Waals surface area contributed by atoms with Gasteiger partial charge in [-0.05, 0) is 6.92 Å². The van der Waals surface area contributed by atoms with Gasteiger partial charge in [-0.3, -0.25) is 4.79 Å². The molecule has 0 unspecified atom stereocenters. The van der Waals surface area contributed by atoms with Crippen molar-refractivity contribution in [2.75, 3.05) is 6.54 Å². The molecule has 90 valence electrons. The van der Waals surface area contributed by atoms with Crippen LogP contribution in [0.4, 0.5) is 0 Å². The molecule has 1 aliphatic rings. The van der Waals surface area contributed by atoms with E-state index in [4.69, 9.17) is 6.42 Å². The van der Waals surface area contributed by atoms with Gasteiger partial charge in [0, 0.05) is 30.3 Å². The van der Waals surface area contributed by atoms with Gasteiger partial charge in [0.25, 0.3) is 0 Å². The van der Waals surface area contributed by atoms with E-state index < -0.39 is 0 Å². The molecule has 0 aromatic rings. The van der Waals surface area contributed by atoms with Crippen molar-refractivity contribution in [2.45, 2.75) is 20.8 Å². The predicted molar refractivity (Wildman–Crippen MR) is 68.9 cm³/mol. The van der Waals surface area contributed by atoms with E-state index in [9.17, 15) is 4.79 Å². The summed E-state index contributed by atoms with van der Waals surface area (Å²) < 4.78 is 0. The zero-order valence-corrected chi connectivity index (χ0v) is 10.4. The van der Waals surface area contributed by atoms with Crippen LogP contribution >= 0.6 is 0 Å². The second-order valence-corrected chi connectivity index (χ2v) is 4.08. The van der Waals surface area contributed by atoms with Crippen LogP contribution in [-0.2, 0) is 4.79 Å². The fourth-order valence-electron chi connectivity index (χ4n) is 1.54. The molecular weight excluding hydrogens is 214 g/mol. The minimum Gasteiger partial charge on any atom is -0.330 e. The lowest BCUT2D eigenvalue weighted by Crippen LogP contribution is -2.33. The van der Waals surface area contributed by atoms with Gasteiger partial charge >= 0.3 is 0 Å². The lowest BCUT2D eigenvalue weighted by atomic mass is 10.1. The number of hydrogen-bond acceptors (Lipinski definition) is 3. The first-order chi connectivity index (χ1) is 8.06. The third kappa shape index (κ3) is 3.49. The summed E-state index contributed by atoms with van der Waals surface area (Å²) in [5.41, 5.74) is 3.18. The third-order valence-corrected chi connectivity index (χ3v) is 2.35. The Morgan fingerprint density at radius 2 is 2.35 bits per heavy atom. The maximum Gasteiger partial charge on any atom is 0.161 e. The van der Waals surface area contributed by atoms with Gasteiger partial charge in [-0.2, -0.15) is 5.10 Å². The van der Waals surface area contributed by atoms with Crippen LogP contribution in [0.2, 0.25) is 0 Å². The van der Waals surface area contributed by atoms with Crippen LogP contribution in [0.5, 0.6) is 0 Å². The van der Waals surface area contributed by atoms with Crippen molar-refractivity contribution in [3.05, 3.63) is 23.9 Å². The summed E-state index contributed by atoms with van der Waals surface area (Å²) in [5, 5.41) is 4.13. The molecule has 1 N–H and O–H groups in total. The molecule has 1 rings (SSSR count). The molecule has 0 aromatic heterocycles. The summed E-state index contributed by atoms with van der Waals surface area (Å²) in [6.07, 6.45) is 10.7. The Morgan fingerprint density at radius 1 is 1.65 bits per heavy atom. The Labute approximate surface area is 102 Å². The Bertz CT molecular complexity index is 424. The van der Waals surface area contributed by atoms with E-state index in [0.717, 1.165) is 5.84 Å².